The van der Waals surface area contributed by atoms with E-state index in [4.69, 9.17) is 0 Å². The van der Waals surface area contributed by atoms with Gasteiger partial charge < -0.3 is 15.1 Å². The van der Waals surface area contributed by atoms with Crippen molar-refractivity contribution in [2.24, 2.45) is 0 Å². The van der Waals surface area contributed by atoms with Crippen LogP contribution in [0.3, 0.4) is 0 Å². The van der Waals surface area contributed by atoms with Crippen molar-refractivity contribution in [2.45, 2.75) is 33.4 Å². The molecular formula is C20H29N5O. The van der Waals surface area contributed by atoms with Crippen molar-refractivity contribution in [2.75, 3.05) is 32.5 Å². The van der Waals surface area contributed by atoms with Gasteiger partial charge in [0.1, 0.15) is 5.69 Å². The second-order valence-electron chi connectivity index (χ2n) is 6.96. The van der Waals surface area contributed by atoms with Crippen LogP contribution < -0.4 is 5.32 Å². The number of amides is 1. The van der Waals surface area contributed by atoms with Crippen LogP contribution in [0.2, 0.25) is 0 Å². The summed E-state index contributed by atoms with van der Waals surface area (Å²) in [5.41, 5.74) is 2.30. The lowest BCUT2D eigenvalue weighted by Crippen LogP contribution is -2.37. The highest BCUT2D eigenvalue weighted by molar-refractivity contribution is 5.92. The van der Waals surface area contributed by atoms with Crippen molar-refractivity contribution >= 4 is 11.9 Å². The van der Waals surface area contributed by atoms with Crippen LogP contribution in [0.5, 0.6) is 0 Å². The molecule has 1 aromatic carbocycles. The fraction of sp³-hybridized carbons (Fsp3) is 0.450. The maximum atomic E-state index is 13.1. The minimum atomic E-state index is -0.0787. The molecule has 0 aliphatic rings. The smallest absolute Gasteiger partial charge is 0.273 e. The third-order valence-corrected chi connectivity index (χ3v) is 4.00. The van der Waals surface area contributed by atoms with E-state index in [1.807, 2.05) is 70.1 Å². The highest BCUT2D eigenvalue weighted by atomic mass is 16.2. The van der Waals surface area contributed by atoms with Crippen molar-refractivity contribution in [1.29, 1.82) is 0 Å². The number of hydrogen-bond acceptors (Lipinski definition) is 5. The zero-order valence-electron chi connectivity index (χ0n) is 16.4. The van der Waals surface area contributed by atoms with Gasteiger partial charge in [-0.1, -0.05) is 30.3 Å². The number of carbonyl (C=O) groups is 1. The summed E-state index contributed by atoms with van der Waals surface area (Å²) in [4.78, 5) is 25.8. The van der Waals surface area contributed by atoms with E-state index in [9.17, 15) is 4.79 Å². The molecule has 0 aliphatic carbocycles. The lowest BCUT2D eigenvalue weighted by molar-refractivity contribution is 0.0684. The average molecular weight is 355 g/mol. The third-order valence-electron chi connectivity index (χ3n) is 4.00. The minimum Gasteiger partial charge on any atom is -0.353 e. The topological polar surface area (TPSA) is 61.4 Å². The minimum absolute atomic E-state index is 0.0723. The molecule has 1 amide bonds. The largest absolute Gasteiger partial charge is 0.353 e. The number of nitrogens with one attached hydrogen (secondary N) is 1. The molecule has 1 aromatic heterocycles. The van der Waals surface area contributed by atoms with Crippen LogP contribution in [-0.2, 0) is 6.54 Å². The van der Waals surface area contributed by atoms with Crippen molar-refractivity contribution in [1.82, 2.24) is 19.8 Å². The Kier molecular flexibility index (Phi) is 7.09. The SMILES string of the molecule is Cc1cc(C(=O)N(Cc2ccccc2)C(C)C)nc(NCCN(C)C)n1. The molecule has 2 aromatic rings. The molecule has 0 aliphatic heterocycles. The summed E-state index contributed by atoms with van der Waals surface area (Å²) in [6.07, 6.45) is 0. The van der Waals surface area contributed by atoms with Gasteiger partial charge in [0.25, 0.3) is 5.91 Å². The van der Waals surface area contributed by atoms with Gasteiger partial charge in [-0.05, 0) is 46.5 Å². The Bertz CT molecular complexity index is 715. The Morgan fingerprint density at radius 3 is 2.46 bits per heavy atom. The Morgan fingerprint density at radius 2 is 1.85 bits per heavy atom. The number of aryl methyl sites for hydroxylation is 1. The molecule has 0 saturated heterocycles. The van der Waals surface area contributed by atoms with E-state index in [2.05, 4.69) is 20.2 Å². The Morgan fingerprint density at radius 1 is 1.15 bits per heavy atom. The maximum absolute atomic E-state index is 13.1. The normalized spacial score (nSPS) is 11.0. The first-order chi connectivity index (χ1) is 12.4. The van der Waals surface area contributed by atoms with Crippen molar-refractivity contribution in [3.63, 3.8) is 0 Å². The number of benzene rings is 1. The highest BCUT2D eigenvalue weighted by Gasteiger charge is 2.21. The van der Waals surface area contributed by atoms with E-state index in [1.165, 1.54) is 0 Å². The Balaban J connectivity index is 2.18. The monoisotopic (exact) mass is 355 g/mol. The van der Waals surface area contributed by atoms with Crippen molar-refractivity contribution < 1.29 is 4.79 Å². The first-order valence-corrected chi connectivity index (χ1v) is 8.96. The summed E-state index contributed by atoms with van der Waals surface area (Å²) >= 11 is 0. The van der Waals surface area contributed by atoms with Crippen LogP contribution >= 0.6 is 0 Å². The molecular weight excluding hydrogens is 326 g/mol. The molecule has 0 unspecified atom stereocenters. The van der Waals surface area contributed by atoms with Crippen molar-refractivity contribution in [3.05, 3.63) is 53.3 Å². The number of aromatic nitrogens is 2. The predicted octanol–water partition coefficient (Wildman–Crippen LogP) is 2.81. The molecule has 0 atom stereocenters. The van der Waals surface area contributed by atoms with Gasteiger partial charge in [-0.3, -0.25) is 4.79 Å². The van der Waals surface area contributed by atoms with Gasteiger partial charge in [-0.25, -0.2) is 9.97 Å². The molecule has 6 nitrogen and oxygen atoms in total. The molecule has 6 heteroatoms. The standard InChI is InChI=1S/C20H29N5O/c1-15(2)25(14-17-9-7-6-8-10-17)19(26)18-13-16(3)22-20(23-18)21-11-12-24(4)5/h6-10,13,15H,11-12,14H2,1-5H3,(H,21,22,23). The van der Waals surface area contributed by atoms with Crippen LogP contribution in [0, 0.1) is 6.92 Å². The average Bonchev–Trinajstić information content (AvgIpc) is 2.59. The van der Waals surface area contributed by atoms with Crippen LogP contribution in [0.4, 0.5) is 5.95 Å². The lowest BCUT2D eigenvalue weighted by Gasteiger charge is -2.27. The number of nitrogens with zero attached hydrogens (tertiary/aromatic N) is 4. The van der Waals surface area contributed by atoms with E-state index in [0.717, 1.165) is 24.3 Å². The number of anilines is 1. The molecule has 26 heavy (non-hydrogen) atoms. The molecule has 1 heterocycles. The van der Waals surface area contributed by atoms with E-state index in [1.54, 1.807) is 6.07 Å². The molecule has 140 valence electrons. The van der Waals surface area contributed by atoms with Crippen LogP contribution in [-0.4, -0.2) is 58.9 Å². The van der Waals surface area contributed by atoms with Crippen molar-refractivity contribution in [3.8, 4) is 0 Å². The number of hydrogen-bond donors (Lipinski definition) is 1. The molecule has 0 fully saturated rings. The second kappa shape index (κ2) is 9.29. The predicted molar refractivity (Wildman–Crippen MR) is 105 cm³/mol. The summed E-state index contributed by atoms with van der Waals surface area (Å²) < 4.78 is 0. The number of likely N-dealkylation sites (N-methyl/N-ethyl adjacent to an activating group) is 1. The summed E-state index contributed by atoms with van der Waals surface area (Å²) in [7, 11) is 4.02. The second-order valence-corrected chi connectivity index (χ2v) is 6.96. The van der Waals surface area contributed by atoms with Gasteiger partial charge >= 0.3 is 0 Å². The van der Waals surface area contributed by atoms with Gasteiger partial charge in [0, 0.05) is 31.4 Å². The summed E-state index contributed by atoms with van der Waals surface area (Å²) in [6, 6.07) is 11.8. The first kappa shape index (κ1) is 19.8. The lowest BCUT2D eigenvalue weighted by atomic mass is 10.1. The Hall–Kier alpha value is -2.47. The third kappa shape index (κ3) is 5.81. The number of carbonyl (C=O) groups excluding carboxylic acids is 1. The van der Waals surface area contributed by atoms with E-state index >= 15 is 0 Å². The summed E-state index contributed by atoms with van der Waals surface area (Å²) in [5, 5.41) is 3.20. The fourth-order valence-electron chi connectivity index (χ4n) is 2.56. The van der Waals surface area contributed by atoms with E-state index in [0.29, 0.717) is 18.2 Å². The summed E-state index contributed by atoms with van der Waals surface area (Å²) in [5.74, 6) is 0.420. The molecule has 1 N–H and O–H groups in total. The molecule has 0 saturated carbocycles. The Labute approximate surface area is 156 Å². The van der Waals surface area contributed by atoms with Gasteiger partial charge in [0.15, 0.2) is 0 Å². The van der Waals surface area contributed by atoms with E-state index < -0.39 is 0 Å². The highest BCUT2D eigenvalue weighted by Crippen LogP contribution is 2.14. The van der Waals surface area contributed by atoms with Gasteiger partial charge in [0.2, 0.25) is 5.95 Å². The maximum Gasteiger partial charge on any atom is 0.273 e. The van der Waals surface area contributed by atoms with Crippen LogP contribution in [0.1, 0.15) is 35.6 Å². The molecule has 0 bridgehead atoms. The van der Waals surface area contributed by atoms with E-state index in [-0.39, 0.29) is 11.9 Å². The van der Waals surface area contributed by atoms with Gasteiger partial charge in [0.05, 0.1) is 0 Å². The van der Waals surface area contributed by atoms with Gasteiger partial charge in [-0.15, -0.1) is 0 Å². The van der Waals surface area contributed by atoms with Crippen LogP contribution in [0.25, 0.3) is 0 Å². The molecule has 2 rings (SSSR count). The molecule has 0 radical (unpaired) electrons. The van der Waals surface area contributed by atoms with Gasteiger partial charge in [-0.2, -0.15) is 0 Å². The number of rotatable bonds is 8. The fourth-order valence-corrected chi connectivity index (χ4v) is 2.56. The zero-order valence-corrected chi connectivity index (χ0v) is 16.4. The quantitative estimate of drug-likeness (QED) is 0.789. The van der Waals surface area contributed by atoms with Crippen LogP contribution in [0.15, 0.2) is 36.4 Å². The molecule has 0 spiro atoms. The first-order valence-electron chi connectivity index (χ1n) is 8.96. The zero-order chi connectivity index (χ0) is 19.1. The summed E-state index contributed by atoms with van der Waals surface area (Å²) in [6.45, 7) is 8.07.